The summed E-state index contributed by atoms with van der Waals surface area (Å²) in [5, 5.41) is 0.277. The van der Waals surface area contributed by atoms with E-state index in [0.717, 1.165) is 12.1 Å². The first-order chi connectivity index (χ1) is 9.43. The number of nitrogen functional groups attached to an aromatic ring is 1. The van der Waals surface area contributed by atoms with Crippen LogP contribution in [0.1, 0.15) is 15.9 Å². The van der Waals surface area contributed by atoms with Crippen LogP contribution in [0.5, 0.6) is 5.75 Å². The van der Waals surface area contributed by atoms with Crippen LogP contribution in [-0.4, -0.2) is 12.9 Å². The van der Waals surface area contributed by atoms with Crippen LogP contribution in [0.15, 0.2) is 30.3 Å². The number of ether oxygens (including phenoxy) is 1. The van der Waals surface area contributed by atoms with Gasteiger partial charge in [0.05, 0.1) is 23.9 Å². The predicted octanol–water partition coefficient (Wildman–Crippen LogP) is 3.44. The minimum atomic E-state index is -0.974. The Balaban J connectivity index is 2.60. The number of benzene rings is 2. The van der Waals surface area contributed by atoms with Crippen molar-refractivity contribution in [3.8, 4) is 5.75 Å². The quantitative estimate of drug-likeness (QED) is 0.697. The van der Waals surface area contributed by atoms with Crippen molar-refractivity contribution in [1.29, 1.82) is 0 Å². The minimum absolute atomic E-state index is 0.0314. The van der Waals surface area contributed by atoms with Crippen LogP contribution in [0.2, 0.25) is 5.02 Å². The average molecular weight is 298 g/mol. The summed E-state index contributed by atoms with van der Waals surface area (Å²) in [6, 6.07) is 5.91. The molecule has 0 unspecified atom stereocenters. The molecule has 2 aromatic rings. The number of carbonyl (C=O) groups excluding carboxylic acids is 1. The molecule has 0 saturated heterocycles. The first kappa shape index (κ1) is 14.3. The molecule has 2 N–H and O–H groups in total. The van der Waals surface area contributed by atoms with Gasteiger partial charge in [-0.3, -0.25) is 4.79 Å². The first-order valence-corrected chi connectivity index (χ1v) is 5.94. The van der Waals surface area contributed by atoms with E-state index in [1.165, 1.54) is 25.3 Å². The predicted molar refractivity (Wildman–Crippen MR) is 72.2 cm³/mol. The van der Waals surface area contributed by atoms with Gasteiger partial charge in [0.2, 0.25) is 0 Å². The second kappa shape index (κ2) is 5.46. The molecule has 0 atom stereocenters. The van der Waals surface area contributed by atoms with E-state index in [2.05, 4.69) is 0 Å². The maximum atomic E-state index is 13.9. The van der Waals surface area contributed by atoms with E-state index < -0.39 is 28.7 Å². The lowest BCUT2D eigenvalue weighted by Gasteiger charge is -2.10. The number of hydrogen-bond acceptors (Lipinski definition) is 3. The van der Waals surface area contributed by atoms with E-state index in [-0.39, 0.29) is 16.3 Å². The Morgan fingerprint density at radius 2 is 1.90 bits per heavy atom. The Morgan fingerprint density at radius 1 is 1.20 bits per heavy atom. The number of nitrogens with two attached hydrogens (primary N) is 1. The summed E-state index contributed by atoms with van der Waals surface area (Å²) >= 11 is 5.81. The number of anilines is 1. The van der Waals surface area contributed by atoms with Gasteiger partial charge in [-0.2, -0.15) is 0 Å². The van der Waals surface area contributed by atoms with Gasteiger partial charge in [-0.05, 0) is 30.3 Å². The largest absolute Gasteiger partial charge is 0.496 e. The average Bonchev–Trinajstić information content (AvgIpc) is 2.42. The highest BCUT2D eigenvalue weighted by Gasteiger charge is 2.21. The van der Waals surface area contributed by atoms with Gasteiger partial charge >= 0.3 is 0 Å². The molecule has 0 spiro atoms. The lowest BCUT2D eigenvalue weighted by Crippen LogP contribution is -2.09. The van der Waals surface area contributed by atoms with Crippen molar-refractivity contribution in [2.75, 3.05) is 12.8 Å². The molecule has 2 rings (SSSR count). The molecule has 0 aliphatic rings. The molecule has 0 amide bonds. The van der Waals surface area contributed by atoms with Crippen molar-refractivity contribution in [2.45, 2.75) is 0 Å². The van der Waals surface area contributed by atoms with Crippen LogP contribution in [0.25, 0.3) is 0 Å². The summed E-state index contributed by atoms with van der Waals surface area (Å²) in [6.07, 6.45) is 0. The van der Waals surface area contributed by atoms with Crippen molar-refractivity contribution >= 4 is 23.1 Å². The monoisotopic (exact) mass is 297 g/mol. The number of carbonyl (C=O) groups is 1. The molecule has 0 fully saturated rings. The Kier molecular flexibility index (Phi) is 3.90. The fraction of sp³-hybridized carbons (Fsp3) is 0.0714. The van der Waals surface area contributed by atoms with Crippen molar-refractivity contribution in [2.24, 2.45) is 0 Å². The highest BCUT2D eigenvalue weighted by atomic mass is 35.5. The summed E-state index contributed by atoms with van der Waals surface area (Å²) in [5.74, 6) is -2.32. The third-order valence-electron chi connectivity index (χ3n) is 2.72. The molecule has 0 heterocycles. The molecule has 6 heteroatoms. The van der Waals surface area contributed by atoms with Crippen molar-refractivity contribution in [3.63, 3.8) is 0 Å². The van der Waals surface area contributed by atoms with E-state index in [1.54, 1.807) is 0 Å². The second-order valence-electron chi connectivity index (χ2n) is 4.03. The molecule has 0 bridgehead atoms. The van der Waals surface area contributed by atoms with E-state index in [9.17, 15) is 13.6 Å². The Hall–Kier alpha value is -2.14. The lowest BCUT2D eigenvalue weighted by atomic mass is 10.0. The third-order valence-corrected chi connectivity index (χ3v) is 2.95. The molecule has 2 aromatic carbocycles. The maximum Gasteiger partial charge on any atom is 0.199 e. The van der Waals surface area contributed by atoms with Gasteiger partial charge in [-0.15, -0.1) is 0 Å². The number of halogens is 3. The normalized spacial score (nSPS) is 10.4. The van der Waals surface area contributed by atoms with Crippen molar-refractivity contribution in [3.05, 3.63) is 58.1 Å². The highest BCUT2D eigenvalue weighted by molar-refractivity contribution is 6.31. The number of rotatable bonds is 3. The summed E-state index contributed by atoms with van der Waals surface area (Å²) in [4.78, 5) is 12.3. The van der Waals surface area contributed by atoms with E-state index in [1.807, 2.05) is 0 Å². The van der Waals surface area contributed by atoms with Crippen LogP contribution in [0, 0.1) is 11.6 Å². The van der Waals surface area contributed by atoms with Gasteiger partial charge in [0, 0.05) is 5.02 Å². The second-order valence-corrected chi connectivity index (χ2v) is 4.47. The van der Waals surface area contributed by atoms with Crippen LogP contribution >= 0.6 is 11.6 Å². The third kappa shape index (κ3) is 2.58. The number of hydrogen-bond donors (Lipinski definition) is 1. The summed E-state index contributed by atoms with van der Waals surface area (Å²) in [7, 11) is 1.36. The molecule has 0 aliphatic carbocycles. The van der Waals surface area contributed by atoms with Gasteiger partial charge in [-0.25, -0.2) is 8.78 Å². The SMILES string of the molecule is COc1ccc(Cl)cc1C(=O)c1cc(F)cc(N)c1F. The standard InChI is InChI=1S/C14H10ClF2NO2/c1-20-12-3-2-7(15)4-9(12)14(19)10-5-8(16)6-11(18)13(10)17/h2-6H,18H2,1H3. The summed E-state index contributed by atoms with van der Waals surface area (Å²) in [5.41, 5.74) is 4.44. The summed E-state index contributed by atoms with van der Waals surface area (Å²) in [6.45, 7) is 0. The Morgan fingerprint density at radius 3 is 2.55 bits per heavy atom. The molecule has 0 radical (unpaired) electrons. The summed E-state index contributed by atoms with van der Waals surface area (Å²) < 4.78 is 32.2. The zero-order valence-electron chi connectivity index (χ0n) is 10.4. The minimum Gasteiger partial charge on any atom is -0.496 e. The fourth-order valence-electron chi connectivity index (χ4n) is 1.78. The topological polar surface area (TPSA) is 52.3 Å². The molecular weight excluding hydrogens is 288 g/mol. The zero-order valence-corrected chi connectivity index (χ0v) is 11.2. The van der Waals surface area contributed by atoms with Crippen LogP contribution in [0.3, 0.4) is 0 Å². The molecule has 20 heavy (non-hydrogen) atoms. The van der Waals surface area contributed by atoms with Crippen LogP contribution in [0.4, 0.5) is 14.5 Å². The van der Waals surface area contributed by atoms with Crippen LogP contribution < -0.4 is 10.5 Å². The van der Waals surface area contributed by atoms with Crippen molar-refractivity contribution in [1.82, 2.24) is 0 Å². The van der Waals surface area contributed by atoms with E-state index >= 15 is 0 Å². The Bertz CT molecular complexity index is 689. The number of methoxy groups -OCH3 is 1. The molecule has 104 valence electrons. The molecule has 3 nitrogen and oxygen atoms in total. The van der Waals surface area contributed by atoms with Gasteiger partial charge in [0.1, 0.15) is 11.6 Å². The van der Waals surface area contributed by atoms with Gasteiger partial charge in [0.25, 0.3) is 0 Å². The molecule has 0 aromatic heterocycles. The molecule has 0 aliphatic heterocycles. The van der Waals surface area contributed by atoms with Crippen LogP contribution in [-0.2, 0) is 0 Å². The van der Waals surface area contributed by atoms with E-state index in [4.69, 9.17) is 22.1 Å². The highest BCUT2D eigenvalue weighted by Crippen LogP contribution is 2.27. The van der Waals surface area contributed by atoms with Gasteiger partial charge < -0.3 is 10.5 Å². The number of ketones is 1. The van der Waals surface area contributed by atoms with Gasteiger partial charge in [-0.1, -0.05) is 11.6 Å². The first-order valence-electron chi connectivity index (χ1n) is 5.56. The van der Waals surface area contributed by atoms with Gasteiger partial charge in [0.15, 0.2) is 11.6 Å². The molecule has 0 saturated carbocycles. The maximum absolute atomic E-state index is 13.9. The molecular formula is C14H10ClF2NO2. The van der Waals surface area contributed by atoms with Crippen molar-refractivity contribution < 1.29 is 18.3 Å². The smallest absolute Gasteiger partial charge is 0.199 e. The Labute approximate surface area is 118 Å². The fourth-order valence-corrected chi connectivity index (χ4v) is 1.95. The lowest BCUT2D eigenvalue weighted by molar-refractivity contribution is 0.103. The zero-order chi connectivity index (χ0) is 14.9. The van der Waals surface area contributed by atoms with E-state index in [0.29, 0.717) is 0 Å².